The van der Waals surface area contributed by atoms with Gasteiger partial charge in [-0.15, -0.1) is 0 Å². The standard InChI is InChI=1S/C8H19NO/c1-3-5-9-7-8(2)4-6-10/h8-10H,3-7H2,1-2H3. The highest BCUT2D eigenvalue weighted by Crippen LogP contribution is 1.97. The summed E-state index contributed by atoms with van der Waals surface area (Å²) in [7, 11) is 0. The molecule has 10 heavy (non-hydrogen) atoms. The van der Waals surface area contributed by atoms with Crippen LogP contribution in [0.25, 0.3) is 0 Å². The molecule has 0 spiro atoms. The Labute approximate surface area is 63.6 Å². The van der Waals surface area contributed by atoms with Gasteiger partial charge in [0.25, 0.3) is 0 Å². The van der Waals surface area contributed by atoms with Crippen molar-refractivity contribution in [3.8, 4) is 0 Å². The van der Waals surface area contributed by atoms with Crippen LogP contribution in [-0.4, -0.2) is 24.8 Å². The molecule has 0 aromatic heterocycles. The number of aliphatic hydroxyl groups excluding tert-OH is 1. The summed E-state index contributed by atoms with van der Waals surface area (Å²) in [6.45, 7) is 6.75. The van der Waals surface area contributed by atoms with Crippen LogP contribution < -0.4 is 5.32 Å². The van der Waals surface area contributed by atoms with Gasteiger partial charge in [0, 0.05) is 6.61 Å². The quantitative estimate of drug-likeness (QED) is 0.547. The van der Waals surface area contributed by atoms with Gasteiger partial charge < -0.3 is 10.4 Å². The molecule has 2 N–H and O–H groups in total. The van der Waals surface area contributed by atoms with Crippen molar-refractivity contribution in [2.75, 3.05) is 19.7 Å². The fourth-order valence-electron chi connectivity index (χ4n) is 0.848. The molecular formula is C8H19NO. The molecule has 0 aromatic carbocycles. The molecule has 0 saturated heterocycles. The van der Waals surface area contributed by atoms with E-state index in [0.717, 1.165) is 19.5 Å². The van der Waals surface area contributed by atoms with Gasteiger partial charge in [-0.25, -0.2) is 0 Å². The average Bonchev–Trinajstić information content (AvgIpc) is 1.89. The van der Waals surface area contributed by atoms with E-state index in [9.17, 15) is 0 Å². The smallest absolute Gasteiger partial charge is 0.0434 e. The van der Waals surface area contributed by atoms with Crippen molar-refractivity contribution in [2.24, 2.45) is 5.92 Å². The summed E-state index contributed by atoms with van der Waals surface area (Å²) >= 11 is 0. The van der Waals surface area contributed by atoms with Gasteiger partial charge in [0.15, 0.2) is 0 Å². The van der Waals surface area contributed by atoms with Crippen molar-refractivity contribution in [1.82, 2.24) is 5.32 Å². The minimum absolute atomic E-state index is 0.314. The maximum atomic E-state index is 8.57. The zero-order valence-corrected chi connectivity index (χ0v) is 7.06. The molecular weight excluding hydrogens is 126 g/mol. The Balaban J connectivity index is 2.97. The van der Waals surface area contributed by atoms with Crippen molar-refractivity contribution in [2.45, 2.75) is 26.7 Å². The first-order valence-corrected chi connectivity index (χ1v) is 4.12. The van der Waals surface area contributed by atoms with Crippen LogP contribution in [0, 0.1) is 5.92 Å². The molecule has 0 fully saturated rings. The number of hydrogen-bond acceptors (Lipinski definition) is 2. The predicted octanol–water partition coefficient (Wildman–Crippen LogP) is 1.00. The van der Waals surface area contributed by atoms with Crippen molar-refractivity contribution in [1.29, 1.82) is 0 Å². The van der Waals surface area contributed by atoms with Crippen LogP contribution in [0.15, 0.2) is 0 Å². The van der Waals surface area contributed by atoms with Gasteiger partial charge in [0.1, 0.15) is 0 Å². The van der Waals surface area contributed by atoms with Crippen LogP contribution >= 0.6 is 0 Å². The lowest BCUT2D eigenvalue weighted by atomic mass is 10.1. The molecule has 2 heteroatoms. The largest absolute Gasteiger partial charge is 0.396 e. The highest BCUT2D eigenvalue weighted by molar-refractivity contribution is 4.55. The van der Waals surface area contributed by atoms with E-state index >= 15 is 0 Å². The van der Waals surface area contributed by atoms with E-state index in [2.05, 4.69) is 19.2 Å². The third-order valence-electron chi connectivity index (χ3n) is 1.54. The highest BCUT2D eigenvalue weighted by atomic mass is 16.3. The first kappa shape index (κ1) is 9.92. The number of nitrogens with one attached hydrogen (secondary N) is 1. The molecule has 0 rings (SSSR count). The summed E-state index contributed by atoms with van der Waals surface area (Å²) in [5.41, 5.74) is 0. The Morgan fingerprint density at radius 2 is 2.20 bits per heavy atom. The maximum absolute atomic E-state index is 8.57. The zero-order chi connectivity index (χ0) is 7.82. The Hall–Kier alpha value is -0.0800. The normalized spacial score (nSPS) is 13.5. The fourth-order valence-corrected chi connectivity index (χ4v) is 0.848. The number of rotatable bonds is 6. The molecule has 2 nitrogen and oxygen atoms in total. The monoisotopic (exact) mass is 145 g/mol. The summed E-state index contributed by atoms with van der Waals surface area (Å²) in [5.74, 6) is 0.608. The Morgan fingerprint density at radius 3 is 2.70 bits per heavy atom. The van der Waals surface area contributed by atoms with Crippen LogP contribution in [0.2, 0.25) is 0 Å². The third kappa shape index (κ3) is 6.05. The molecule has 0 aromatic rings. The summed E-state index contributed by atoms with van der Waals surface area (Å²) in [5, 5.41) is 11.9. The SMILES string of the molecule is CCCNCC(C)CCO. The summed E-state index contributed by atoms with van der Waals surface area (Å²) < 4.78 is 0. The number of hydrogen-bond donors (Lipinski definition) is 2. The van der Waals surface area contributed by atoms with Crippen LogP contribution in [0.1, 0.15) is 26.7 Å². The van der Waals surface area contributed by atoms with E-state index in [1.165, 1.54) is 6.42 Å². The summed E-state index contributed by atoms with van der Waals surface area (Å²) in [6, 6.07) is 0. The van der Waals surface area contributed by atoms with E-state index in [1.54, 1.807) is 0 Å². The molecule has 0 aliphatic heterocycles. The molecule has 0 radical (unpaired) electrons. The van der Waals surface area contributed by atoms with Gasteiger partial charge in [0.05, 0.1) is 0 Å². The second-order valence-corrected chi connectivity index (χ2v) is 2.82. The van der Waals surface area contributed by atoms with E-state index in [-0.39, 0.29) is 0 Å². The topological polar surface area (TPSA) is 32.3 Å². The maximum Gasteiger partial charge on any atom is 0.0434 e. The minimum atomic E-state index is 0.314. The van der Waals surface area contributed by atoms with Crippen LogP contribution in [-0.2, 0) is 0 Å². The van der Waals surface area contributed by atoms with Gasteiger partial charge >= 0.3 is 0 Å². The van der Waals surface area contributed by atoms with Gasteiger partial charge in [-0.1, -0.05) is 13.8 Å². The van der Waals surface area contributed by atoms with E-state index in [0.29, 0.717) is 12.5 Å². The van der Waals surface area contributed by atoms with Gasteiger partial charge in [0.2, 0.25) is 0 Å². The Morgan fingerprint density at radius 1 is 1.50 bits per heavy atom. The van der Waals surface area contributed by atoms with Crippen molar-refractivity contribution < 1.29 is 5.11 Å². The van der Waals surface area contributed by atoms with E-state index in [1.807, 2.05) is 0 Å². The van der Waals surface area contributed by atoms with Crippen molar-refractivity contribution in [3.05, 3.63) is 0 Å². The fraction of sp³-hybridized carbons (Fsp3) is 1.00. The molecule has 0 aliphatic rings. The van der Waals surface area contributed by atoms with Crippen LogP contribution in [0.4, 0.5) is 0 Å². The Bertz CT molecular complexity index is 66.3. The molecule has 0 bridgehead atoms. The van der Waals surface area contributed by atoms with Gasteiger partial charge in [-0.3, -0.25) is 0 Å². The van der Waals surface area contributed by atoms with Crippen LogP contribution in [0.5, 0.6) is 0 Å². The summed E-state index contributed by atoms with van der Waals surface area (Å²) in [6.07, 6.45) is 2.10. The first-order valence-electron chi connectivity index (χ1n) is 4.12. The Kier molecular flexibility index (Phi) is 6.98. The lowest BCUT2D eigenvalue weighted by Gasteiger charge is -2.09. The minimum Gasteiger partial charge on any atom is -0.396 e. The van der Waals surface area contributed by atoms with E-state index < -0.39 is 0 Å². The predicted molar refractivity (Wildman–Crippen MR) is 44.0 cm³/mol. The van der Waals surface area contributed by atoms with Gasteiger partial charge in [-0.05, 0) is 31.8 Å². The second kappa shape index (κ2) is 7.03. The van der Waals surface area contributed by atoms with Crippen LogP contribution in [0.3, 0.4) is 0 Å². The highest BCUT2D eigenvalue weighted by Gasteiger charge is 1.98. The lowest BCUT2D eigenvalue weighted by Crippen LogP contribution is -2.22. The molecule has 1 atom stereocenters. The third-order valence-corrected chi connectivity index (χ3v) is 1.54. The first-order chi connectivity index (χ1) is 4.81. The zero-order valence-electron chi connectivity index (χ0n) is 7.06. The molecule has 1 unspecified atom stereocenters. The second-order valence-electron chi connectivity index (χ2n) is 2.82. The molecule has 0 saturated carbocycles. The molecule has 62 valence electrons. The van der Waals surface area contributed by atoms with Crippen molar-refractivity contribution in [3.63, 3.8) is 0 Å². The lowest BCUT2D eigenvalue weighted by molar-refractivity contribution is 0.260. The molecule has 0 heterocycles. The summed E-state index contributed by atoms with van der Waals surface area (Å²) in [4.78, 5) is 0. The van der Waals surface area contributed by atoms with Gasteiger partial charge in [-0.2, -0.15) is 0 Å². The number of aliphatic hydroxyl groups is 1. The molecule has 0 amide bonds. The molecule has 0 aliphatic carbocycles. The van der Waals surface area contributed by atoms with E-state index in [4.69, 9.17) is 5.11 Å². The average molecular weight is 145 g/mol. The van der Waals surface area contributed by atoms with Crippen molar-refractivity contribution >= 4 is 0 Å².